The van der Waals surface area contributed by atoms with Crippen LogP contribution in [0.2, 0.25) is 0 Å². The fourth-order valence-electron chi connectivity index (χ4n) is 4.88. The number of nitrogens with zero attached hydrogens (tertiary/aromatic N) is 4. The maximum atomic E-state index is 14.3. The van der Waals surface area contributed by atoms with Gasteiger partial charge in [-0.2, -0.15) is 5.26 Å². The molecule has 28 heavy (non-hydrogen) atoms. The number of alkyl halides is 1. The van der Waals surface area contributed by atoms with Gasteiger partial charge in [0.1, 0.15) is 17.0 Å². The van der Waals surface area contributed by atoms with E-state index in [1.807, 2.05) is 12.1 Å². The van der Waals surface area contributed by atoms with Crippen molar-refractivity contribution >= 4 is 21.9 Å². The summed E-state index contributed by atoms with van der Waals surface area (Å²) in [4.78, 5) is 9.46. The molecule has 1 aromatic carbocycles. The zero-order chi connectivity index (χ0) is 19.5. The lowest BCUT2D eigenvalue weighted by atomic mass is 9.73. The second-order valence-corrected chi connectivity index (χ2v) is 8.55. The Balaban J connectivity index is 1.75. The zero-order valence-electron chi connectivity index (χ0n) is 16.2. The minimum atomic E-state index is -1.11. The Kier molecular flexibility index (Phi) is 3.92. The van der Waals surface area contributed by atoms with Crippen molar-refractivity contribution in [1.82, 2.24) is 14.5 Å². The van der Waals surface area contributed by atoms with Gasteiger partial charge in [0.05, 0.1) is 35.0 Å². The van der Waals surface area contributed by atoms with Gasteiger partial charge < -0.3 is 9.30 Å². The molecule has 2 fully saturated rings. The number of nitriles is 1. The van der Waals surface area contributed by atoms with Crippen LogP contribution < -0.4 is 0 Å². The number of halogens is 1. The van der Waals surface area contributed by atoms with Crippen LogP contribution in [-0.4, -0.2) is 32.9 Å². The molecule has 0 N–H and O–H groups in total. The van der Waals surface area contributed by atoms with E-state index in [9.17, 15) is 9.65 Å². The first kappa shape index (κ1) is 17.6. The third kappa shape index (κ3) is 2.77. The molecule has 2 aromatic heterocycles. The molecule has 0 bridgehead atoms. The maximum Gasteiger partial charge on any atom is 0.113 e. The van der Waals surface area contributed by atoms with Gasteiger partial charge in [-0.05, 0) is 57.7 Å². The summed E-state index contributed by atoms with van der Waals surface area (Å²) in [5.74, 6) is 1.08. The number of pyridine rings is 1. The lowest BCUT2D eigenvalue weighted by molar-refractivity contribution is 0.00394. The van der Waals surface area contributed by atoms with Gasteiger partial charge in [0.25, 0.3) is 0 Å². The van der Waals surface area contributed by atoms with Gasteiger partial charge in [0, 0.05) is 24.0 Å². The highest BCUT2D eigenvalue weighted by molar-refractivity contribution is 6.03. The molecule has 0 radical (unpaired) electrons. The van der Waals surface area contributed by atoms with Crippen LogP contribution in [0.1, 0.15) is 62.9 Å². The van der Waals surface area contributed by atoms with Gasteiger partial charge >= 0.3 is 0 Å². The molecule has 2 aliphatic rings. The van der Waals surface area contributed by atoms with Gasteiger partial charge in [-0.1, -0.05) is 0 Å². The van der Waals surface area contributed by atoms with Crippen molar-refractivity contribution in [3.05, 3.63) is 35.8 Å². The van der Waals surface area contributed by atoms with Crippen molar-refractivity contribution in [2.75, 3.05) is 6.61 Å². The van der Waals surface area contributed by atoms with Crippen LogP contribution in [0, 0.1) is 11.3 Å². The summed E-state index contributed by atoms with van der Waals surface area (Å²) in [5, 5.41) is 10.3. The van der Waals surface area contributed by atoms with Crippen molar-refractivity contribution < 1.29 is 9.13 Å². The molecule has 1 aliphatic carbocycles. The largest absolute Gasteiger partial charge is 0.378 e. The number of fused-ring (bicyclic) bond motifs is 3. The summed E-state index contributed by atoms with van der Waals surface area (Å²) in [6, 6.07) is 8.06. The molecule has 3 heterocycles. The second kappa shape index (κ2) is 6.25. The SMILES string of the molecule is C[C@@H]1C[C@H](n2c(C3CC(C)(F)C3)nc3cnc4ccc(C#N)cc4c32)CCO1. The first-order chi connectivity index (χ1) is 13.4. The molecule has 5 nitrogen and oxygen atoms in total. The molecule has 1 saturated carbocycles. The summed E-state index contributed by atoms with van der Waals surface area (Å²) < 4.78 is 22.4. The van der Waals surface area contributed by atoms with Crippen LogP contribution in [0.15, 0.2) is 24.4 Å². The predicted octanol–water partition coefficient (Wildman–Crippen LogP) is 4.80. The maximum absolute atomic E-state index is 14.3. The Bertz CT molecular complexity index is 1110. The van der Waals surface area contributed by atoms with E-state index in [4.69, 9.17) is 9.72 Å². The molecular weight excluding hydrogens is 355 g/mol. The molecule has 1 aliphatic heterocycles. The summed E-state index contributed by atoms with van der Waals surface area (Å²) in [6.45, 7) is 4.48. The fourth-order valence-corrected chi connectivity index (χ4v) is 4.88. The van der Waals surface area contributed by atoms with E-state index in [0.717, 1.165) is 40.6 Å². The molecule has 1 saturated heterocycles. The van der Waals surface area contributed by atoms with Gasteiger partial charge in [0.15, 0.2) is 0 Å². The van der Waals surface area contributed by atoms with Crippen LogP contribution in [0.25, 0.3) is 21.9 Å². The van der Waals surface area contributed by atoms with Crippen LogP contribution in [-0.2, 0) is 4.74 Å². The Morgan fingerprint density at radius 3 is 2.86 bits per heavy atom. The summed E-state index contributed by atoms with van der Waals surface area (Å²) in [5.41, 5.74) is 2.19. The third-order valence-electron chi connectivity index (χ3n) is 6.20. The highest BCUT2D eigenvalue weighted by atomic mass is 19.1. The van der Waals surface area contributed by atoms with E-state index >= 15 is 0 Å². The first-order valence-electron chi connectivity index (χ1n) is 9.96. The quantitative estimate of drug-likeness (QED) is 0.642. The van der Waals surface area contributed by atoms with Crippen LogP contribution in [0.4, 0.5) is 4.39 Å². The highest BCUT2D eigenvalue weighted by Crippen LogP contribution is 2.48. The predicted molar refractivity (Wildman–Crippen MR) is 105 cm³/mol. The van der Waals surface area contributed by atoms with E-state index in [0.29, 0.717) is 25.0 Å². The van der Waals surface area contributed by atoms with E-state index in [1.165, 1.54) is 0 Å². The van der Waals surface area contributed by atoms with E-state index in [1.54, 1.807) is 19.2 Å². The number of rotatable bonds is 2. The van der Waals surface area contributed by atoms with E-state index < -0.39 is 5.67 Å². The number of imidazole rings is 1. The summed E-state index contributed by atoms with van der Waals surface area (Å²) in [7, 11) is 0. The zero-order valence-corrected chi connectivity index (χ0v) is 16.2. The van der Waals surface area contributed by atoms with E-state index in [-0.39, 0.29) is 18.1 Å². The molecule has 0 amide bonds. The Hall–Kier alpha value is -2.52. The molecule has 3 aromatic rings. The van der Waals surface area contributed by atoms with Crippen molar-refractivity contribution in [2.24, 2.45) is 0 Å². The summed E-state index contributed by atoms with van der Waals surface area (Å²) in [6.07, 6.45) is 4.80. The topological polar surface area (TPSA) is 63.7 Å². The number of benzene rings is 1. The molecule has 0 unspecified atom stereocenters. The monoisotopic (exact) mass is 378 g/mol. The number of hydrogen-bond acceptors (Lipinski definition) is 4. The molecule has 2 atom stereocenters. The van der Waals surface area contributed by atoms with Crippen molar-refractivity contribution in [1.29, 1.82) is 5.26 Å². The Morgan fingerprint density at radius 1 is 1.32 bits per heavy atom. The van der Waals surface area contributed by atoms with Gasteiger partial charge in [-0.25, -0.2) is 9.37 Å². The number of aromatic nitrogens is 3. The average Bonchev–Trinajstić information content (AvgIpc) is 3.05. The Morgan fingerprint density at radius 2 is 2.14 bits per heavy atom. The first-order valence-corrected chi connectivity index (χ1v) is 9.96. The minimum absolute atomic E-state index is 0.120. The third-order valence-corrected chi connectivity index (χ3v) is 6.20. The average molecular weight is 378 g/mol. The molecular formula is C22H23FN4O. The second-order valence-electron chi connectivity index (χ2n) is 8.55. The van der Waals surface area contributed by atoms with Crippen LogP contribution >= 0.6 is 0 Å². The van der Waals surface area contributed by atoms with Crippen molar-refractivity contribution in [3.8, 4) is 6.07 Å². The highest BCUT2D eigenvalue weighted by Gasteiger charge is 2.44. The fraction of sp³-hybridized carbons (Fsp3) is 0.500. The minimum Gasteiger partial charge on any atom is -0.378 e. The number of ether oxygens (including phenoxy) is 1. The lowest BCUT2D eigenvalue weighted by Crippen LogP contribution is -2.37. The van der Waals surface area contributed by atoms with Crippen molar-refractivity contribution in [2.45, 2.75) is 63.3 Å². The van der Waals surface area contributed by atoms with Crippen molar-refractivity contribution in [3.63, 3.8) is 0 Å². The molecule has 6 heteroatoms. The Labute approximate surface area is 163 Å². The van der Waals surface area contributed by atoms with Gasteiger partial charge in [-0.3, -0.25) is 4.98 Å². The normalized spacial score (nSPS) is 30.3. The standard InChI is InChI=1S/C22H23FN4O/c1-13-7-16(5-6-28-13)27-20-17-8-14(11-24)3-4-18(17)25-12-19(20)26-21(27)15-9-22(2,23)10-15/h3-4,8,12-13,15-16H,5-7,9-10H2,1-2H3/t13-,15?,16-,22?/m1/s1. The number of hydrogen-bond donors (Lipinski definition) is 0. The molecule has 144 valence electrons. The van der Waals surface area contributed by atoms with Gasteiger partial charge in [-0.15, -0.1) is 0 Å². The van der Waals surface area contributed by atoms with Crippen LogP contribution in [0.3, 0.4) is 0 Å². The van der Waals surface area contributed by atoms with Crippen LogP contribution in [0.5, 0.6) is 0 Å². The molecule has 0 spiro atoms. The lowest BCUT2D eigenvalue weighted by Gasteiger charge is -2.40. The summed E-state index contributed by atoms with van der Waals surface area (Å²) >= 11 is 0. The smallest absolute Gasteiger partial charge is 0.113 e. The molecule has 5 rings (SSSR count). The van der Waals surface area contributed by atoms with Gasteiger partial charge in [0.2, 0.25) is 0 Å². The van der Waals surface area contributed by atoms with E-state index in [2.05, 4.69) is 22.5 Å².